The van der Waals surface area contributed by atoms with E-state index < -0.39 is 0 Å². The molecule has 0 aromatic heterocycles. The molecule has 1 aromatic rings. The highest BCUT2D eigenvalue weighted by atomic mass is 35.5. The number of nitrogens with zero attached hydrogens (tertiary/aromatic N) is 1. The number of nitrogens with two attached hydrogens (primary N) is 1. The van der Waals surface area contributed by atoms with Crippen molar-refractivity contribution in [3.8, 4) is 0 Å². The van der Waals surface area contributed by atoms with Crippen LogP contribution in [0.2, 0.25) is 5.02 Å². The van der Waals surface area contributed by atoms with Gasteiger partial charge in [0.15, 0.2) is 0 Å². The lowest BCUT2D eigenvalue weighted by Gasteiger charge is -2.31. The number of benzene rings is 1. The number of rotatable bonds is 4. The van der Waals surface area contributed by atoms with E-state index in [1.54, 1.807) is 0 Å². The van der Waals surface area contributed by atoms with Crippen molar-refractivity contribution >= 4 is 29.1 Å². The molecule has 1 aliphatic rings. The molecule has 100 valence electrons. The Morgan fingerprint density at radius 1 is 1.39 bits per heavy atom. The summed E-state index contributed by atoms with van der Waals surface area (Å²) >= 11 is 8.38. The van der Waals surface area contributed by atoms with Crippen LogP contribution in [0.1, 0.15) is 18.9 Å². The highest BCUT2D eigenvalue weighted by Gasteiger charge is 2.17. The minimum Gasteiger partial charge on any atom is -0.370 e. The van der Waals surface area contributed by atoms with Crippen molar-refractivity contribution in [3.05, 3.63) is 28.8 Å². The van der Waals surface area contributed by atoms with Crippen LogP contribution in [0.25, 0.3) is 0 Å². The van der Waals surface area contributed by atoms with Gasteiger partial charge in [-0.1, -0.05) is 24.6 Å². The lowest BCUT2D eigenvalue weighted by atomic mass is 10.0. The Labute approximate surface area is 119 Å². The van der Waals surface area contributed by atoms with Crippen LogP contribution in [0.15, 0.2) is 18.2 Å². The van der Waals surface area contributed by atoms with Gasteiger partial charge in [-0.05, 0) is 30.5 Å². The second-order valence-electron chi connectivity index (χ2n) is 4.71. The molecule has 1 unspecified atom stereocenters. The Bertz CT molecular complexity index is 391. The fourth-order valence-electron chi connectivity index (χ4n) is 2.26. The molecule has 1 aliphatic heterocycles. The molecular weight excluding hydrogens is 264 g/mol. The summed E-state index contributed by atoms with van der Waals surface area (Å²) in [6.07, 6.45) is 1.86. The highest BCUT2D eigenvalue weighted by Crippen LogP contribution is 2.30. The topological polar surface area (TPSA) is 29.3 Å². The Morgan fingerprint density at radius 3 is 2.78 bits per heavy atom. The monoisotopic (exact) mass is 284 g/mol. The first-order chi connectivity index (χ1) is 8.72. The second kappa shape index (κ2) is 6.69. The van der Waals surface area contributed by atoms with E-state index in [1.165, 1.54) is 22.8 Å². The third kappa shape index (κ3) is 3.34. The zero-order chi connectivity index (χ0) is 13.0. The zero-order valence-corrected chi connectivity index (χ0v) is 12.4. The average molecular weight is 285 g/mol. The molecule has 1 heterocycles. The number of hydrogen-bond donors (Lipinski definition) is 1. The molecular formula is C14H21ClN2S. The predicted octanol–water partition coefficient (Wildman–Crippen LogP) is 3.17. The molecule has 18 heavy (non-hydrogen) atoms. The second-order valence-corrected chi connectivity index (χ2v) is 6.34. The summed E-state index contributed by atoms with van der Waals surface area (Å²) in [5, 5.41) is 0.856. The van der Waals surface area contributed by atoms with Crippen molar-refractivity contribution in [2.24, 2.45) is 5.73 Å². The van der Waals surface area contributed by atoms with Gasteiger partial charge in [0.05, 0.1) is 0 Å². The summed E-state index contributed by atoms with van der Waals surface area (Å²) in [4.78, 5) is 2.44. The maximum absolute atomic E-state index is 6.36. The van der Waals surface area contributed by atoms with Gasteiger partial charge in [0.1, 0.15) is 0 Å². The maximum Gasteiger partial charge on any atom is 0.0459 e. The normalized spacial score (nSPS) is 17.8. The molecule has 2 rings (SSSR count). The van der Waals surface area contributed by atoms with Gasteiger partial charge in [-0.3, -0.25) is 0 Å². The van der Waals surface area contributed by atoms with Crippen molar-refractivity contribution in [2.75, 3.05) is 29.5 Å². The van der Waals surface area contributed by atoms with E-state index in [0.29, 0.717) is 0 Å². The van der Waals surface area contributed by atoms with E-state index in [-0.39, 0.29) is 6.04 Å². The van der Waals surface area contributed by atoms with Gasteiger partial charge in [-0.15, -0.1) is 0 Å². The van der Waals surface area contributed by atoms with E-state index in [0.717, 1.165) is 31.0 Å². The van der Waals surface area contributed by atoms with Crippen LogP contribution in [-0.2, 0) is 6.42 Å². The third-order valence-electron chi connectivity index (χ3n) is 3.44. The maximum atomic E-state index is 6.36. The van der Waals surface area contributed by atoms with Gasteiger partial charge >= 0.3 is 0 Å². The van der Waals surface area contributed by atoms with E-state index in [1.807, 2.05) is 23.9 Å². The van der Waals surface area contributed by atoms with Gasteiger partial charge < -0.3 is 10.6 Å². The first-order valence-corrected chi connectivity index (χ1v) is 8.11. The molecule has 0 radical (unpaired) electrons. The minimum absolute atomic E-state index is 0.197. The first-order valence-electron chi connectivity index (χ1n) is 6.58. The Balaban J connectivity index is 2.24. The average Bonchev–Trinajstić information content (AvgIpc) is 2.42. The van der Waals surface area contributed by atoms with Crippen molar-refractivity contribution in [1.82, 2.24) is 0 Å². The molecule has 0 amide bonds. The van der Waals surface area contributed by atoms with Gasteiger partial charge in [-0.2, -0.15) is 11.8 Å². The largest absolute Gasteiger partial charge is 0.370 e. The van der Waals surface area contributed by atoms with Crippen molar-refractivity contribution < 1.29 is 0 Å². The van der Waals surface area contributed by atoms with Crippen LogP contribution < -0.4 is 10.6 Å². The summed E-state index contributed by atoms with van der Waals surface area (Å²) in [5.41, 5.74) is 8.60. The molecule has 1 atom stereocenters. The minimum atomic E-state index is 0.197. The standard InChI is InChI=1S/C14H21ClN2S/c1-2-11(16)10-12-13(15)4-3-5-14(12)17-6-8-18-9-7-17/h3-5,11H,2,6-10,16H2,1H3. The van der Waals surface area contributed by atoms with Crippen LogP contribution in [0.4, 0.5) is 5.69 Å². The predicted molar refractivity (Wildman–Crippen MR) is 83.0 cm³/mol. The van der Waals surface area contributed by atoms with Gasteiger partial charge in [-0.25, -0.2) is 0 Å². The van der Waals surface area contributed by atoms with Crippen molar-refractivity contribution in [3.63, 3.8) is 0 Å². The van der Waals surface area contributed by atoms with Crippen LogP contribution in [0.5, 0.6) is 0 Å². The molecule has 1 saturated heterocycles. The van der Waals surface area contributed by atoms with Crippen LogP contribution in [0.3, 0.4) is 0 Å². The van der Waals surface area contributed by atoms with E-state index >= 15 is 0 Å². The Kier molecular flexibility index (Phi) is 5.22. The lowest BCUT2D eigenvalue weighted by molar-refractivity contribution is 0.644. The summed E-state index contributed by atoms with van der Waals surface area (Å²) in [6.45, 7) is 4.34. The number of hydrogen-bond acceptors (Lipinski definition) is 3. The van der Waals surface area contributed by atoms with Gasteiger partial charge in [0, 0.05) is 41.3 Å². The third-order valence-corrected chi connectivity index (χ3v) is 4.73. The van der Waals surface area contributed by atoms with Gasteiger partial charge in [0.2, 0.25) is 0 Å². The van der Waals surface area contributed by atoms with Crippen LogP contribution in [-0.4, -0.2) is 30.6 Å². The molecule has 1 fully saturated rings. The highest BCUT2D eigenvalue weighted by molar-refractivity contribution is 7.99. The lowest BCUT2D eigenvalue weighted by Crippen LogP contribution is -2.34. The van der Waals surface area contributed by atoms with E-state index in [9.17, 15) is 0 Å². The molecule has 4 heteroatoms. The smallest absolute Gasteiger partial charge is 0.0459 e. The summed E-state index contributed by atoms with van der Waals surface area (Å²) < 4.78 is 0. The van der Waals surface area contributed by atoms with Crippen LogP contribution in [0, 0.1) is 0 Å². The Hall–Kier alpha value is -0.380. The number of thioether (sulfide) groups is 1. The zero-order valence-electron chi connectivity index (χ0n) is 10.9. The van der Waals surface area contributed by atoms with Crippen molar-refractivity contribution in [2.45, 2.75) is 25.8 Å². The molecule has 2 nitrogen and oxygen atoms in total. The Morgan fingerprint density at radius 2 is 2.11 bits per heavy atom. The fraction of sp³-hybridized carbons (Fsp3) is 0.571. The van der Waals surface area contributed by atoms with E-state index in [4.69, 9.17) is 17.3 Å². The SMILES string of the molecule is CCC(N)Cc1c(Cl)cccc1N1CCSCC1. The molecule has 1 aromatic carbocycles. The number of halogens is 1. The fourth-order valence-corrected chi connectivity index (χ4v) is 3.41. The molecule has 0 saturated carbocycles. The quantitative estimate of drug-likeness (QED) is 0.921. The molecule has 0 bridgehead atoms. The summed E-state index contributed by atoms with van der Waals surface area (Å²) in [7, 11) is 0. The van der Waals surface area contributed by atoms with Crippen LogP contribution >= 0.6 is 23.4 Å². The van der Waals surface area contributed by atoms with E-state index in [2.05, 4.69) is 17.9 Å². The van der Waals surface area contributed by atoms with Gasteiger partial charge in [0.25, 0.3) is 0 Å². The summed E-state index contributed by atoms with van der Waals surface area (Å²) in [6, 6.07) is 6.39. The molecule has 2 N–H and O–H groups in total. The van der Waals surface area contributed by atoms with Crippen molar-refractivity contribution in [1.29, 1.82) is 0 Å². The first kappa shape index (κ1) is 14.0. The summed E-state index contributed by atoms with van der Waals surface area (Å²) in [5.74, 6) is 2.40. The number of anilines is 1. The molecule has 0 spiro atoms. The molecule has 0 aliphatic carbocycles.